The molecule has 0 heterocycles. The van der Waals surface area contributed by atoms with E-state index in [1.807, 2.05) is 6.07 Å². The average molecular weight is 196 g/mol. The Kier molecular flexibility index (Phi) is 1.74. The van der Waals surface area contributed by atoms with Crippen LogP contribution in [0.25, 0.3) is 0 Å². The number of hydrogen-bond acceptors (Lipinski definition) is 0. The van der Waals surface area contributed by atoms with Crippen LogP contribution in [0, 0.1) is 0 Å². The van der Waals surface area contributed by atoms with Gasteiger partial charge in [-0.25, -0.2) is 0 Å². The van der Waals surface area contributed by atoms with Gasteiger partial charge in [0.2, 0.25) is 0 Å². The van der Waals surface area contributed by atoms with Crippen LogP contribution >= 0.6 is 0 Å². The quantitative estimate of drug-likeness (QED) is 0.529. The summed E-state index contributed by atoms with van der Waals surface area (Å²) in [6.07, 6.45) is 0. The molecule has 0 aromatic heterocycles. The van der Waals surface area contributed by atoms with Crippen molar-refractivity contribution in [2.45, 2.75) is 0 Å². The molecule has 1 aromatic carbocycles. The summed E-state index contributed by atoms with van der Waals surface area (Å²) in [4.78, 5) is 0. The summed E-state index contributed by atoms with van der Waals surface area (Å²) in [5.41, 5.74) is 0. The number of hydrogen-bond donors (Lipinski definition) is 0. The molecule has 0 bridgehead atoms. The Morgan fingerprint density at radius 1 is 1.00 bits per heavy atom. The van der Waals surface area contributed by atoms with E-state index in [0.717, 1.165) is 0 Å². The van der Waals surface area contributed by atoms with Gasteiger partial charge in [-0.05, 0) is 0 Å². The predicted octanol–water partition coefficient (Wildman–Crippen LogP) is 0.480. The topological polar surface area (TPSA) is 0 Å². The van der Waals surface area contributed by atoms with Gasteiger partial charge in [-0.1, -0.05) is 0 Å². The van der Waals surface area contributed by atoms with E-state index in [1.165, 1.54) is 26.1 Å². The molecule has 0 nitrogen and oxygen atoms in total. The van der Waals surface area contributed by atoms with Gasteiger partial charge >= 0.3 is 56.4 Å². The van der Waals surface area contributed by atoms with Crippen molar-refractivity contribution in [3.8, 4) is 0 Å². The Bertz CT molecular complexity index is 134. The van der Waals surface area contributed by atoms with Gasteiger partial charge in [0.25, 0.3) is 0 Å². The van der Waals surface area contributed by atoms with Crippen LogP contribution < -0.4 is 3.58 Å². The predicted molar refractivity (Wildman–Crippen MR) is 31.8 cm³/mol. The molecule has 0 aliphatic carbocycles. The van der Waals surface area contributed by atoms with Gasteiger partial charge in [0, 0.05) is 0 Å². The Hall–Kier alpha value is 0.0187. The van der Waals surface area contributed by atoms with Gasteiger partial charge in [-0.2, -0.15) is 0 Å². The van der Waals surface area contributed by atoms with Gasteiger partial charge in [0.05, 0.1) is 0 Å². The summed E-state index contributed by atoms with van der Waals surface area (Å²) in [6.45, 7) is 0. The molecule has 0 N–H and O–H groups in total. The van der Waals surface area contributed by atoms with Crippen LogP contribution in [0.5, 0.6) is 0 Å². The van der Waals surface area contributed by atoms with E-state index in [9.17, 15) is 0 Å². The van der Waals surface area contributed by atoms with E-state index in [4.69, 9.17) is 0 Å². The third-order valence-corrected chi connectivity index (χ3v) is 1.73. The normalized spacial score (nSPS) is 8.71. The van der Waals surface area contributed by atoms with Gasteiger partial charge in [0.1, 0.15) is 0 Å². The molecule has 0 saturated carbocycles. The van der Waals surface area contributed by atoms with E-state index in [0.29, 0.717) is 0 Å². The first-order valence-electron chi connectivity index (χ1n) is 2.16. The van der Waals surface area contributed by atoms with Crippen molar-refractivity contribution in [1.29, 1.82) is 0 Å². The Morgan fingerprint density at radius 2 is 1.57 bits per heavy atom. The van der Waals surface area contributed by atoms with Crippen LogP contribution in [-0.4, -0.2) is 22.5 Å². The molecular weight excluding hydrogens is 191 g/mol. The maximum absolute atomic E-state index is 2.12. The molecule has 3 radical (unpaired) electrons. The van der Waals surface area contributed by atoms with Crippen molar-refractivity contribution in [2.75, 3.05) is 0 Å². The zero-order valence-corrected chi connectivity index (χ0v) is 6.74. The molecule has 0 aliphatic heterocycles. The molecule has 7 heavy (non-hydrogen) atoms. The molecule has 0 amide bonds. The first-order chi connectivity index (χ1) is 3.39. The molecule has 0 atom stereocenters. The minimum absolute atomic E-state index is 1.41. The average Bonchev–Trinajstić information content (AvgIpc) is 1.69. The van der Waals surface area contributed by atoms with Crippen molar-refractivity contribution < 1.29 is 0 Å². The summed E-state index contributed by atoms with van der Waals surface area (Å²) < 4.78 is 1.41. The molecule has 0 fully saturated rings. The van der Waals surface area contributed by atoms with E-state index in [2.05, 4.69) is 24.3 Å². The van der Waals surface area contributed by atoms with Crippen molar-refractivity contribution in [3.05, 3.63) is 30.3 Å². The fourth-order valence-corrected chi connectivity index (χ4v) is 0.987. The van der Waals surface area contributed by atoms with E-state index in [-0.39, 0.29) is 0 Å². The van der Waals surface area contributed by atoms with Gasteiger partial charge in [-0.15, -0.1) is 0 Å². The first-order valence-corrected chi connectivity index (χ1v) is 3.59. The van der Waals surface area contributed by atoms with Crippen molar-refractivity contribution in [1.82, 2.24) is 0 Å². The molecule has 0 unspecified atom stereocenters. The van der Waals surface area contributed by atoms with Crippen LogP contribution in [0.3, 0.4) is 0 Å². The molecule has 0 aliphatic rings. The van der Waals surface area contributed by atoms with Crippen molar-refractivity contribution >= 4 is 26.1 Å². The standard InChI is InChI=1S/C6H5.Sn/c1-2-4-6-5-3-1;/h1-5H;. The number of benzene rings is 1. The molecule has 0 saturated heterocycles. The SMILES string of the molecule is [Sn][c]1ccccc1. The van der Waals surface area contributed by atoms with Crippen LogP contribution in [-0.2, 0) is 0 Å². The Morgan fingerprint density at radius 3 is 1.86 bits per heavy atom. The molecule has 1 heteroatoms. The third kappa shape index (κ3) is 1.51. The van der Waals surface area contributed by atoms with Crippen LogP contribution in [0.1, 0.15) is 0 Å². The Labute approximate surface area is 56.6 Å². The summed E-state index contributed by atoms with van der Waals surface area (Å²) in [5, 5.41) is 0. The van der Waals surface area contributed by atoms with Gasteiger partial charge in [-0.3, -0.25) is 0 Å². The maximum atomic E-state index is 2.12. The Balaban J connectivity index is 3.02. The van der Waals surface area contributed by atoms with Crippen LogP contribution in [0.4, 0.5) is 0 Å². The first kappa shape index (κ1) is 5.16. The monoisotopic (exact) mass is 197 g/mol. The zero-order valence-electron chi connectivity index (χ0n) is 3.89. The summed E-state index contributed by atoms with van der Waals surface area (Å²) in [5.74, 6) is 0. The zero-order chi connectivity index (χ0) is 5.11. The summed E-state index contributed by atoms with van der Waals surface area (Å²) in [6, 6.07) is 10.4. The van der Waals surface area contributed by atoms with Crippen LogP contribution in [0.2, 0.25) is 0 Å². The summed E-state index contributed by atoms with van der Waals surface area (Å²) >= 11 is 1.49. The van der Waals surface area contributed by atoms with E-state index in [1.54, 1.807) is 0 Å². The molecule has 1 aromatic rings. The second-order valence-corrected chi connectivity index (χ2v) is 3.01. The second kappa shape index (κ2) is 2.36. The van der Waals surface area contributed by atoms with Crippen molar-refractivity contribution in [3.63, 3.8) is 0 Å². The fraction of sp³-hybridized carbons (Fsp3) is 0. The molecular formula is C6H5Sn. The van der Waals surface area contributed by atoms with Crippen LogP contribution in [0.15, 0.2) is 30.3 Å². The van der Waals surface area contributed by atoms with E-state index >= 15 is 0 Å². The second-order valence-electron chi connectivity index (χ2n) is 1.37. The molecule has 0 spiro atoms. The number of rotatable bonds is 0. The minimum atomic E-state index is 1.41. The van der Waals surface area contributed by atoms with Gasteiger partial charge in [0.15, 0.2) is 0 Å². The third-order valence-electron chi connectivity index (χ3n) is 0.774. The molecule has 1 rings (SSSR count). The van der Waals surface area contributed by atoms with E-state index < -0.39 is 0 Å². The van der Waals surface area contributed by atoms with Crippen molar-refractivity contribution in [2.24, 2.45) is 0 Å². The fourth-order valence-electron chi connectivity index (χ4n) is 0.438. The molecule has 33 valence electrons. The van der Waals surface area contributed by atoms with Gasteiger partial charge < -0.3 is 0 Å². The summed E-state index contributed by atoms with van der Waals surface area (Å²) in [7, 11) is 0.